The number of hydrogen-bond acceptors (Lipinski definition) is 3. The molecule has 0 saturated heterocycles. The zero-order valence-electron chi connectivity index (χ0n) is 11.7. The van der Waals surface area contributed by atoms with E-state index in [4.69, 9.17) is 0 Å². The number of nitrogens with one attached hydrogen (secondary N) is 1. The van der Waals surface area contributed by atoms with Crippen molar-refractivity contribution < 1.29 is 5.11 Å². The van der Waals surface area contributed by atoms with Gasteiger partial charge < -0.3 is 10.4 Å². The van der Waals surface area contributed by atoms with Gasteiger partial charge in [0.1, 0.15) is 0 Å². The normalized spacial score (nSPS) is 11.9. The number of benzene rings is 1. The van der Waals surface area contributed by atoms with Gasteiger partial charge in [-0.3, -0.25) is 4.98 Å². The smallest absolute Gasteiger partial charge is 0.0766 e. The monoisotopic (exact) mass is 258 g/mol. The number of hydrogen-bond donors (Lipinski definition) is 2. The van der Waals surface area contributed by atoms with E-state index in [9.17, 15) is 5.11 Å². The second-order valence-corrected chi connectivity index (χ2v) is 5.05. The van der Waals surface area contributed by atoms with E-state index in [1.54, 1.807) is 0 Å². The molecule has 19 heavy (non-hydrogen) atoms. The Bertz CT molecular complexity index is 530. The van der Waals surface area contributed by atoms with Gasteiger partial charge in [-0.15, -0.1) is 0 Å². The standard InChI is InChI=1S/C16H22N2O/c1-3-16(19,4-2)12-18-11-14-7-5-6-13-10-17-9-8-15(13)14/h5-10,18-19H,3-4,11-12H2,1-2H3. The summed E-state index contributed by atoms with van der Waals surface area (Å²) in [6, 6.07) is 8.28. The Morgan fingerprint density at radius 2 is 2.00 bits per heavy atom. The van der Waals surface area contributed by atoms with Crippen molar-refractivity contribution in [3.63, 3.8) is 0 Å². The fourth-order valence-corrected chi connectivity index (χ4v) is 2.27. The minimum Gasteiger partial charge on any atom is -0.389 e. The first-order valence-corrected chi connectivity index (χ1v) is 6.93. The molecular formula is C16H22N2O. The highest BCUT2D eigenvalue weighted by Crippen LogP contribution is 2.18. The molecule has 3 nitrogen and oxygen atoms in total. The Morgan fingerprint density at radius 3 is 2.74 bits per heavy atom. The van der Waals surface area contributed by atoms with Crippen LogP contribution in [0.15, 0.2) is 36.7 Å². The Labute approximate surface area is 114 Å². The molecule has 0 radical (unpaired) electrons. The van der Waals surface area contributed by atoms with E-state index < -0.39 is 5.60 Å². The van der Waals surface area contributed by atoms with E-state index in [1.807, 2.05) is 38.4 Å². The topological polar surface area (TPSA) is 45.1 Å². The first-order chi connectivity index (χ1) is 9.18. The molecule has 2 aromatic rings. The molecule has 102 valence electrons. The number of aromatic nitrogens is 1. The van der Waals surface area contributed by atoms with Crippen molar-refractivity contribution >= 4 is 10.8 Å². The highest BCUT2D eigenvalue weighted by molar-refractivity contribution is 5.84. The van der Waals surface area contributed by atoms with Crippen molar-refractivity contribution in [3.8, 4) is 0 Å². The maximum atomic E-state index is 10.2. The summed E-state index contributed by atoms with van der Waals surface area (Å²) in [6.45, 7) is 5.44. The summed E-state index contributed by atoms with van der Waals surface area (Å²) >= 11 is 0. The number of fused-ring (bicyclic) bond motifs is 1. The van der Waals surface area contributed by atoms with Crippen LogP contribution in [0, 0.1) is 0 Å². The van der Waals surface area contributed by atoms with Crippen molar-refractivity contribution in [2.24, 2.45) is 0 Å². The van der Waals surface area contributed by atoms with Gasteiger partial charge >= 0.3 is 0 Å². The fourth-order valence-electron chi connectivity index (χ4n) is 2.27. The summed E-state index contributed by atoms with van der Waals surface area (Å²) in [5.74, 6) is 0. The molecule has 2 N–H and O–H groups in total. The van der Waals surface area contributed by atoms with Crippen molar-refractivity contribution in [2.75, 3.05) is 6.54 Å². The van der Waals surface area contributed by atoms with E-state index >= 15 is 0 Å². The van der Waals surface area contributed by atoms with Gasteiger partial charge in [0.25, 0.3) is 0 Å². The lowest BCUT2D eigenvalue weighted by molar-refractivity contribution is 0.0323. The van der Waals surface area contributed by atoms with Crippen LogP contribution in [0.25, 0.3) is 10.8 Å². The maximum Gasteiger partial charge on any atom is 0.0766 e. The number of nitrogens with zero attached hydrogens (tertiary/aromatic N) is 1. The van der Waals surface area contributed by atoms with Crippen molar-refractivity contribution in [1.29, 1.82) is 0 Å². The molecule has 0 aliphatic heterocycles. The minimum absolute atomic E-state index is 0.591. The number of pyridine rings is 1. The minimum atomic E-state index is -0.591. The summed E-state index contributed by atoms with van der Waals surface area (Å²) in [6.07, 6.45) is 5.25. The van der Waals surface area contributed by atoms with E-state index in [2.05, 4.69) is 22.4 Å². The van der Waals surface area contributed by atoms with E-state index in [-0.39, 0.29) is 0 Å². The largest absolute Gasteiger partial charge is 0.389 e. The predicted octanol–water partition coefficient (Wildman–Crippen LogP) is 2.88. The second kappa shape index (κ2) is 6.13. The lowest BCUT2D eigenvalue weighted by Gasteiger charge is -2.25. The lowest BCUT2D eigenvalue weighted by atomic mass is 9.97. The third kappa shape index (κ3) is 3.31. The van der Waals surface area contributed by atoms with Gasteiger partial charge in [-0.05, 0) is 29.9 Å². The van der Waals surface area contributed by atoms with Crippen LogP contribution in [0.3, 0.4) is 0 Å². The SMILES string of the molecule is CCC(O)(CC)CNCc1cccc2cnccc12. The van der Waals surface area contributed by atoms with Crippen LogP contribution in [-0.2, 0) is 6.54 Å². The molecule has 1 aromatic carbocycles. The first-order valence-electron chi connectivity index (χ1n) is 6.93. The summed E-state index contributed by atoms with van der Waals surface area (Å²) in [5.41, 5.74) is 0.654. The molecule has 0 unspecified atom stereocenters. The van der Waals surface area contributed by atoms with Crippen LogP contribution in [0.1, 0.15) is 32.3 Å². The molecule has 0 amide bonds. The van der Waals surface area contributed by atoms with Crippen molar-refractivity contribution in [1.82, 2.24) is 10.3 Å². The molecule has 0 aliphatic rings. The molecule has 0 saturated carbocycles. The molecular weight excluding hydrogens is 236 g/mol. The first kappa shape index (κ1) is 14.0. The van der Waals surface area contributed by atoms with Crippen LogP contribution in [0.4, 0.5) is 0 Å². The van der Waals surface area contributed by atoms with E-state index in [1.165, 1.54) is 10.9 Å². The van der Waals surface area contributed by atoms with Gasteiger partial charge in [0.15, 0.2) is 0 Å². The average Bonchev–Trinajstić information content (AvgIpc) is 2.47. The van der Waals surface area contributed by atoms with Gasteiger partial charge in [-0.25, -0.2) is 0 Å². The van der Waals surface area contributed by atoms with E-state index in [0.717, 1.165) is 24.8 Å². The van der Waals surface area contributed by atoms with Gasteiger partial charge in [0.05, 0.1) is 5.60 Å². The zero-order valence-corrected chi connectivity index (χ0v) is 11.7. The van der Waals surface area contributed by atoms with Crippen LogP contribution in [0.2, 0.25) is 0 Å². The molecule has 0 bridgehead atoms. The van der Waals surface area contributed by atoms with Crippen LogP contribution in [-0.4, -0.2) is 22.2 Å². The Morgan fingerprint density at radius 1 is 1.21 bits per heavy atom. The average molecular weight is 258 g/mol. The summed E-state index contributed by atoms with van der Waals surface area (Å²) < 4.78 is 0. The van der Waals surface area contributed by atoms with Crippen molar-refractivity contribution in [3.05, 3.63) is 42.2 Å². The molecule has 0 atom stereocenters. The highest BCUT2D eigenvalue weighted by atomic mass is 16.3. The van der Waals surface area contributed by atoms with Crippen LogP contribution in [0.5, 0.6) is 0 Å². The molecule has 3 heteroatoms. The Hall–Kier alpha value is -1.45. The van der Waals surface area contributed by atoms with Crippen molar-refractivity contribution in [2.45, 2.75) is 38.8 Å². The molecule has 1 heterocycles. The lowest BCUT2D eigenvalue weighted by Crippen LogP contribution is -2.39. The molecule has 0 aliphatic carbocycles. The Balaban J connectivity index is 2.06. The maximum absolute atomic E-state index is 10.2. The number of rotatable bonds is 6. The molecule has 2 rings (SSSR count). The highest BCUT2D eigenvalue weighted by Gasteiger charge is 2.21. The van der Waals surface area contributed by atoms with Crippen LogP contribution >= 0.6 is 0 Å². The van der Waals surface area contributed by atoms with Gasteiger partial charge in [0, 0.05) is 30.9 Å². The third-order valence-electron chi connectivity index (χ3n) is 3.86. The molecule has 1 aromatic heterocycles. The van der Waals surface area contributed by atoms with Gasteiger partial charge in [-0.1, -0.05) is 32.0 Å². The fraction of sp³-hybridized carbons (Fsp3) is 0.438. The number of aliphatic hydroxyl groups is 1. The summed E-state index contributed by atoms with van der Waals surface area (Å²) in [7, 11) is 0. The predicted molar refractivity (Wildman–Crippen MR) is 79.0 cm³/mol. The van der Waals surface area contributed by atoms with Gasteiger partial charge in [-0.2, -0.15) is 0 Å². The van der Waals surface area contributed by atoms with E-state index in [0.29, 0.717) is 6.54 Å². The zero-order chi connectivity index (χ0) is 13.7. The Kier molecular flexibility index (Phi) is 4.51. The van der Waals surface area contributed by atoms with Crippen LogP contribution < -0.4 is 5.32 Å². The van der Waals surface area contributed by atoms with Gasteiger partial charge in [0.2, 0.25) is 0 Å². The summed E-state index contributed by atoms with van der Waals surface area (Å²) in [5, 5.41) is 16.0. The quantitative estimate of drug-likeness (QED) is 0.837. The second-order valence-electron chi connectivity index (χ2n) is 5.05. The summed E-state index contributed by atoms with van der Waals surface area (Å²) in [4.78, 5) is 4.14. The molecule has 0 spiro atoms. The molecule has 0 fully saturated rings. The third-order valence-corrected chi connectivity index (χ3v) is 3.86.